The third-order valence-electron chi connectivity index (χ3n) is 3.49. The van der Waals surface area contributed by atoms with E-state index in [-0.39, 0.29) is 18.2 Å². The molecule has 1 aromatic heterocycles. The molecule has 0 aliphatic heterocycles. The van der Waals surface area contributed by atoms with Gasteiger partial charge in [0.25, 0.3) is 11.6 Å². The van der Waals surface area contributed by atoms with Gasteiger partial charge in [-0.25, -0.2) is 4.98 Å². The summed E-state index contributed by atoms with van der Waals surface area (Å²) in [7, 11) is 0. The molecule has 1 amide bonds. The number of rotatable bonds is 6. The highest BCUT2D eigenvalue weighted by atomic mass is 32.1. The quantitative estimate of drug-likeness (QED) is 0.523. The van der Waals surface area contributed by atoms with Crippen molar-refractivity contribution in [1.29, 1.82) is 0 Å². The lowest BCUT2D eigenvalue weighted by atomic mass is 10.1. The van der Waals surface area contributed by atoms with Crippen molar-refractivity contribution in [1.82, 2.24) is 4.98 Å². The Morgan fingerprint density at radius 1 is 1.27 bits per heavy atom. The summed E-state index contributed by atoms with van der Waals surface area (Å²) in [6, 6.07) is 13.6. The Morgan fingerprint density at radius 3 is 2.77 bits per heavy atom. The van der Waals surface area contributed by atoms with Crippen LogP contribution in [0.5, 0.6) is 5.75 Å². The Kier molecular flexibility index (Phi) is 5.23. The largest absolute Gasteiger partial charge is 0.484 e. The molecule has 0 atom stereocenters. The molecule has 0 aliphatic carbocycles. The van der Waals surface area contributed by atoms with E-state index in [0.717, 1.165) is 5.56 Å². The van der Waals surface area contributed by atoms with Crippen molar-refractivity contribution in [3.63, 3.8) is 0 Å². The van der Waals surface area contributed by atoms with Crippen LogP contribution >= 0.6 is 11.3 Å². The predicted octanol–water partition coefficient (Wildman–Crippen LogP) is 4.04. The number of amides is 1. The first-order valence-electron chi connectivity index (χ1n) is 7.71. The zero-order chi connectivity index (χ0) is 18.5. The number of benzene rings is 2. The van der Waals surface area contributed by atoms with Gasteiger partial charge >= 0.3 is 0 Å². The fourth-order valence-electron chi connectivity index (χ4n) is 2.18. The lowest BCUT2D eigenvalue weighted by Gasteiger charge is -2.05. The van der Waals surface area contributed by atoms with Crippen LogP contribution in [0.1, 0.15) is 5.56 Å². The van der Waals surface area contributed by atoms with Crippen molar-refractivity contribution in [2.24, 2.45) is 0 Å². The first kappa shape index (κ1) is 17.6. The molecular formula is C18H15N3O4S. The van der Waals surface area contributed by atoms with Crippen molar-refractivity contribution >= 4 is 28.1 Å². The van der Waals surface area contributed by atoms with Crippen LogP contribution in [-0.4, -0.2) is 22.4 Å². The fourth-order valence-corrected chi connectivity index (χ4v) is 2.92. The van der Waals surface area contributed by atoms with Crippen molar-refractivity contribution in [3.05, 3.63) is 69.6 Å². The molecule has 1 N–H and O–H groups in total. The molecule has 2 aromatic carbocycles. The summed E-state index contributed by atoms with van der Waals surface area (Å²) >= 11 is 1.24. The highest BCUT2D eigenvalue weighted by Crippen LogP contribution is 2.27. The molecule has 0 aliphatic rings. The molecule has 0 saturated heterocycles. The van der Waals surface area contributed by atoms with Gasteiger partial charge in [0.1, 0.15) is 5.75 Å². The number of nitro benzene ring substituents is 1. The number of nitrogens with zero attached hydrogens (tertiary/aromatic N) is 2. The molecule has 1 heterocycles. The first-order valence-corrected chi connectivity index (χ1v) is 8.59. The number of thiazole rings is 1. The molecule has 0 fully saturated rings. The topological polar surface area (TPSA) is 94.4 Å². The standard InChI is InChI=1S/C18H15N3O4S/c1-12-5-7-15(8-6-12)25-10-17(22)20-18-19-16(11-26-18)13-3-2-4-14(9-13)21(23)24/h2-9,11H,10H2,1H3,(H,19,20,22). The smallest absolute Gasteiger partial charge is 0.270 e. The molecule has 7 nitrogen and oxygen atoms in total. The van der Waals surface area contributed by atoms with Crippen LogP contribution in [0.4, 0.5) is 10.8 Å². The van der Waals surface area contributed by atoms with Crippen LogP contribution in [-0.2, 0) is 4.79 Å². The molecule has 8 heteroatoms. The maximum Gasteiger partial charge on any atom is 0.270 e. The Balaban J connectivity index is 1.61. The zero-order valence-corrected chi connectivity index (χ0v) is 14.7. The van der Waals surface area contributed by atoms with Crippen LogP contribution in [0.3, 0.4) is 0 Å². The molecule has 0 unspecified atom stereocenters. The van der Waals surface area contributed by atoms with E-state index in [1.165, 1.54) is 23.5 Å². The summed E-state index contributed by atoms with van der Waals surface area (Å²) < 4.78 is 5.42. The van der Waals surface area contributed by atoms with E-state index in [1.807, 2.05) is 19.1 Å². The van der Waals surface area contributed by atoms with Crippen molar-refractivity contribution in [2.45, 2.75) is 6.92 Å². The van der Waals surface area contributed by atoms with Crippen molar-refractivity contribution in [3.8, 4) is 17.0 Å². The van der Waals surface area contributed by atoms with Crippen LogP contribution in [0.2, 0.25) is 0 Å². The molecule has 0 bridgehead atoms. The second-order valence-electron chi connectivity index (χ2n) is 5.50. The van der Waals surface area contributed by atoms with E-state index < -0.39 is 4.92 Å². The highest BCUT2D eigenvalue weighted by molar-refractivity contribution is 7.14. The van der Waals surface area contributed by atoms with E-state index in [1.54, 1.807) is 29.6 Å². The molecule has 3 aromatic rings. The van der Waals surface area contributed by atoms with Gasteiger partial charge in [-0.3, -0.25) is 20.2 Å². The number of aromatic nitrogens is 1. The number of carbonyl (C=O) groups is 1. The van der Waals surface area contributed by atoms with E-state index in [0.29, 0.717) is 22.1 Å². The van der Waals surface area contributed by atoms with Crippen molar-refractivity contribution < 1.29 is 14.5 Å². The van der Waals surface area contributed by atoms with Crippen molar-refractivity contribution in [2.75, 3.05) is 11.9 Å². The number of carbonyl (C=O) groups excluding carboxylic acids is 1. The van der Waals surface area contributed by atoms with E-state index in [9.17, 15) is 14.9 Å². The molecule has 0 saturated carbocycles. The highest BCUT2D eigenvalue weighted by Gasteiger charge is 2.11. The number of non-ortho nitro benzene ring substituents is 1. The summed E-state index contributed by atoms with van der Waals surface area (Å²) in [5.41, 5.74) is 2.28. The summed E-state index contributed by atoms with van der Waals surface area (Å²) in [5.74, 6) is 0.285. The van der Waals surface area contributed by atoms with Crippen LogP contribution < -0.4 is 10.1 Å². The minimum atomic E-state index is -0.457. The monoisotopic (exact) mass is 369 g/mol. The van der Waals surface area contributed by atoms with Crippen LogP contribution in [0.15, 0.2) is 53.9 Å². The fraction of sp³-hybridized carbons (Fsp3) is 0.111. The molecule has 0 spiro atoms. The number of ether oxygens (including phenoxy) is 1. The minimum absolute atomic E-state index is 0.00687. The van der Waals surface area contributed by atoms with Gasteiger partial charge in [0, 0.05) is 23.1 Å². The molecule has 26 heavy (non-hydrogen) atoms. The number of aryl methyl sites for hydroxylation is 1. The van der Waals surface area contributed by atoms with E-state index in [2.05, 4.69) is 10.3 Å². The summed E-state index contributed by atoms with van der Waals surface area (Å²) in [6.07, 6.45) is 0. The Labute approximate surface area is 153 Å². The first-order chi connectivity index (χ1) is 12.5. The predicted molar refractivity (Wildman–Crippen MR) is 99.5 cm³/mol. The molecule has 132 valence electrons. The van der Waals surface area contributed by atoms with Crippen LogP contribution in [0.25, 0.3) is 11.3 Å². The summed E-state index contributed by atoms with van der Waals surface area (Å²) in [6.45, 7) is 1.84. The summed E-state index contributed by atoms with van der Waals surface area (Å²) in [4.78, 5) is 26.7. The zero-order valence-electron chi connectivity index (χ0n) is 13.8. The third-order valence-corrected chi connectivity index (χ3v) is 4.25. The van der Waals surface area contributed by atoms with Crippen LogP contribution in [0, 0.1) is 17.0 Å². The van der Waals surface area contributed by atoms with Gasteiger partial charge in [0.05, 0.1) is 10.6 Å². The third kappa shape index (κ3) is 4.42. The molecule has 3 rings (SSSR count). The molecular weight excluding hydrogens is 354 g/mol. The van der Waals surface area contributed by atoms with E-state index in [4.69, 9.17) is 4.74 Å². The Bertz CT molecular complexity index is 938. The van der Waals surface area contributed by atoms with Gasteiger partial charge in [-0.2, -0.15) is 0 Å². The number of nitrogens with one attached hydrogen (secondary N) is 1. The number of hydrogen-bond donors (Lipinski definition) is 1. The van der Waals surface area contributed by atoms with Gasteiger partial charge in [0.2, 0.25) is 0 Å². The summed E-state index contributed by atoms with van der Waals surface area (Å²) in [5, 5.41) is 15.7. The lowest BCUT2D eigenvalue weighted by molar-refractivity contribution is -0.384. The normalized spacial score (nSPS) is 10.3. The minimum Gasteiger partial charge on any atom is -0.484 e. The Morgan fingerprint density at radius 2 is 2.04 bits per heavy atom. The SMILES string of the molecule is Cc1ccc(OCC(=O)Nc2nc(-c3cccc([N+](=O)[O-])c3)cs2)cc1. The van der Waals surface area contributed by atoms with E-state index >= 15 is 0 Å². The maximum atomic E-state index is 12.0. The average molecular weight is 369 g/mol. The lowest BCUT2D eigenvalue weighted by Crippen LogP contribution is -2.20. The van der Waals surface area contributed by atoms with Gasteiger partial charge in [0.15, 0.2) is 11.7 Å². The number of hydrogen-bond acceptors (Lipinski definition) is 6. The van der Waals surface area contributed by atoms with Gasteiger partial charge in [-0.1, -0.05) is 29.8 Å². The second kappa shape index (κ2) is 7.75. The number of nitro groups is 1. The average Bonchev–Trinajstić information content (AvgIpc) is 3.10. The van der Waals surface area contributed by atoms with Gasteiger partial charge < -0.3 is 4.74 Å². The molecule has 0 radical (unpaired) electrons. The Hall–Kier alpha value is -3.26. The van der Waals surface area contributed by atoms with Gasteiger partial charge in [-0.05, 0) is 19.1 Å². The van der Waals surface area contributed by atoms with Gasteiger partial charge in [-0.15, -0.1) is 11.3 Å². The second-order valence-corrected chi connectivity index (χ2v) is 6.35. The maximum absolute atomic E-state index is 12.0. The number of anilines is 1.